The summed E-state index contributed by atoms with van der Waals surface area (Å²) in [5.74, 6) is 0.686. The van der Waals surface area contributed by atoms with E-state index in [4.69, 9.17) is 9.47 Å². The lowest BCUT2D eigenvalue weighted by Gasteiger charge is -2.59. The van der Waals surface area contributed by atoms with E-state index in [-0.39, 0.29) is 40.8 Å². The molecule has 3 fully saturated rings. The number of hydrogen-bond donors (Lipinski definition) is 2. The summed E-state index contributed by atoms with van der Waals surface area (Å²) in [6, 6.07) is 6.08. The van der Waals surface area contributed by atoms with Crippen LogP contribution in [-0.2, 0) is 13.0 Å². The van der Waals surface area contributed by atoms with Crippen LogP contribution in [0.5, 0.6) is 17.2 Å². The number of fused-ring (bicyclic) bond motifs is 1. The third kappa shape index (κ3) is 5.26. The van der Waals surface area contributed by atoms with Crippen molar-refractivity contribution < 1.29 is 23.8 Å². The van der Waals surface area contributed by atoms with Crippen molar-refractivity contribution in [3.05, 3.63) is 65.6 Å². The Morgan fingerprint density at radius 2 is 1.95 bits per heavy atom. The fourth-order valence-electron chi connectivity index (χ4n) is 7.42. The standard InChI is InChI=1S/C33H39FN6O4/c1-20(2)40(21-11-32(3,42)12-21)31(41)23-5-4-6-25(34)29(23)44-28-16-36-19-38-30(28)39-17-33(18-39)13-22(14-33)43-27-8-10-37-26-7-9-35-15-24(26)27/h4-6,8,10,16,19-22,35,42H,7,9,11-15,17-18H2,1-3H3. The SMILES string of the molecule is CC(C)N(C(=O)c1cccc(F)c1Oc1cncnc1N1CC2(CC(Oc3ccnc4c3CNCC4)C2)C1)C1CC(C)(O)C1. The molecule has 10 nitrogen and oxygen atoms in total. The first kappa shape index (κ1) is 28.9. The second-order valence-electron chi connectivity index (χ2n) is 13.5. The molecule has 2 saturated carbocycles. The van der Waals surface area contributed by atoms with Crippen molar-refractivity contribution in [3.8, 4) is 17.2 Å². The van der Waals surface area contributed by atoms with Gasteiger partial charge < -0.3 is 29.7 Å². The van der Waals surface area contributed by atoms with Crippen molar-refractivity contribution >= 4 is 11.7 Å². The molecule has 2 N–H and O–H groups in total. The van der Waals surface area contributed by atoms with Gasteiger partial charge in [-0.3, -0.25) is 9.78 Å². The van der Waals surface area contributed by atoms with Crippen LogP contribution >= 0.6 is 0 Å². The molecule has 2 aromatic heterocycles. The zero-order chi connectivity index (χ0) is 30.6. The van der Waals surface area contributed by atoms with Gasteiger partial charge in [0.15, 0.2) is 23.1 Å². The molecule has 0 unspecified atom stereocenters. The zero-order valence-electron chi connectivity index (χ0n) is 25.4. The van der Waals surface area contributed by atoms with Crippen LogP contribution in [0.1, 0.15) is 68.1 Å². The van der Waals surface area contributed by atoms with Gasteiger partial charge in [0.25, 0.3) is 5.91 Å². The zero-order valence-corrected chi connectivity index (χ0v) is 25.4. The van der Waals surface area contributed by atoms with Crippen LogP contribution in [0, 0.1) is 11.2 Å². The van der Waals surface area contributed by atoms with Crippen LogP contribution < -0.4 is 19.7 Å². The molecular weight excluding hydrogens is 563 g/mol. The number of amides is 1. The summed E-state index contributed by atoms with van der Waals surface area (Å²) in [6.45, 7) is 8.90. The molecule has 1 saturated heterocycles. The molecule has 4 aliphatic rings. The maximum atomic E-state index is 15.3. The van der Waals surface area contributed by atoms with Crippen LogP contribution in [0.15, 0.2) is 43.0 Å². The van der Waals surface area contributed by atoms with E-state index in [0.29, 0.717) is 24.4 Å². The molecule has 0 bridgehead atoms. The molecular formula is C33H39FN6O4. The number of rotatable bonds is 8. The second-order valence-corrected chi connectivity index (χ2v) is 13.5. The van der Waals surface area contributed by atoms with Crippen LogP contribution in [-0.4, -0.2) is 74.3 Å². The Kier molecular flexibility index (Phi) is 7.20. The van der Waals surface area contributed by atoms with Gasteiger partial charge in [-0.15, -0.1) is 0 Å². The molecule has 7 rings (SSSR count). The fourth-order valence-corrected chi connectivity index (χ4v) is 7.42. The highest BCUT2D eigenvalue weighted by atomic mass is 19.1. The molecule has 11 heteroatoms. The third-order valence-corrected chi connectivity index (χ3v) is 9.51. The minimum Gasteiger partial charge on any atom is -0.490 e. The number of anilines is 1. The van der Waals surface area contributed by atoms with Gasteiger partial charge in [0.1, 0.15) is 18.2 Å². The van der Waals surface area contributed by atoms with Gasteiger partial charge in [0.2, 0.25) is 0 Å². The number of ether oxygens (including phenoxy) is 2. The topological polar surface area (TPSA) is 113 Å². The van der Waals surface area contributed by atoms with Crippen LogP contribution in [0.3, 0.4) is 0 Å². The maximum absolute atomic E-state index is 15.3. The van der Waals surface area contributed by atoms with Crippen molar-refractivity contribution in [2.24, 2.45) is 5.41 Å². The Morgan fingerprint density at radius 3 is 2.70 bits per heavy atom. The number of carbonyl (C=O) groups excluding carboxylic acids is 1. The largest absolute Gasteiger partial charge is 0.490 e. The highest BCUT2D eigenvalue weighted by molar-refractivity contribution is 5.97. The van der Waals surface area contributed by atoms with E-state index >= 15 is 4.39 Å². The fraction of sp³-hybridized carbons (Fsp3) is 0.515. The minimum atomic E-state index is -0.799. The molecule has 1 spiro atoms. The number of benzene rings is 1. The molecule has 1 aromatic carbocycles. The van der Waals surface area contributed by atoms with E-state index in [1.807, 2.05) is 26.1 Å². The molecule has 2 aliphatic heterocycles. The lowest BCUT2D eigenvalue weighted by atomic mass is 9.61. The van der Waals surface area contributed by atoms with Crippen molar-refractivity contribution in [2.75, 3.05) is 24.5 Å². The lowest BCUT2D eigenvalue weighted by molar-refractivity contribution is -0.0750. The number of nitrogens with one attached hydrogen (secondary N) is 1. The first-order chi connectivity index (χ1) is 21.1. The quantitative estimate of drug-likeness (QED) is 0.391. The van der Waals surface area contributed by atoms with E-state index in [0.717, 1.165) is 56.9 Å². The number of aromatic nitrogens is 3. The Bertz CT molecular complexity index is 1560. The average molecular weight is 603 g/mol. The first-order valence-corrected chi connectivity index (χ1v) is 15.5. The van der Waals surface area contributed by atoms with E-state index in [2.05, 4.69) is 25.2 Å². The molecule has 0 atom stereocenters. The van der Waals surface area contributed by atoms with Crippen molar-refractivity contribution in [1.82, 2.24) is 25.2 Å². The number of halogens is 1. The number of carbonyl (C=O) groups is 1. The number of pyridine rings is 1. The highest BCUT2D eigenvalue weighted by Gasteiger charge is 2.54. The first-order valence-electron chi connectivity index (χ1n) is 15.5. The lowest BCUT2D eigenvalue weighted by Crippen LogP contribution is -2.65. The second kappa shape index (κ2) is 11.0. The van der Waals surface area contributed by atoms with Crippen LogP contribution in [0.2, 0.25) is 0 Å². The minimum absolute atomic E-state index is 0.127. The van der Waals surface area contributed by atoms with E-state index in [9.17, 15) is 9.90 Å². The predicted molar refractivity (Wildman–Crippen MR) is 161 cm³/mol. The number of nitrogens with zero attached hydrogens (tertiary/aromatic N) is 5. The monoisotopic (exact) mass is 602 g/mol. The molecule has 232 valence electrons. The number of hydrogen-bond acceptors (Lipinski definition) is 9. The molecule has 3 aromatic rings. The molecule has 44 heavy (non-hydrogen) atoms. The Morgan fingerprint density at radius 1 is 1.16 bits per heavy atom. The Labute approximate surface area is 256 Å². The summed E-state index contributed by atoms with van der Waals surface area (Å²) in [5, 5.41) is 13.7. The number of para-hydroxylation sites is 1. The van der Waals surface area contributed by atoms with Gasteiger partial charge in [0.05, 0.1) is 17.4 Å². The average Bonchev–Trinajstić information content (AvgIpc) is 2.94. The van der Waals surface area contributed by atoms with E-state index < -0.39 is 11.4 Å². The third-order valence-electron chi connectivity index (χ3n) is 9.51. The smallest absolute Gasteiger partial charge is 0.258 e. The van der Waals surface area contributed by atoms with Crippen molar-refractivity contribution in [1.29, 1.82) is 0 Å². The van der Waals surface area contributed by atoms with Gasteiger partial charge in [-0.05, 0) is 64.7 Å². The normalized spacial score (nSPS) is 23.8. The summed E-state index contributed by atoms with van der Waals surface area (Å²) < 4.78 is 27.9. The summed E-state index contributed by atoms with van der Waals surface area (Å²) in [4.78, 5) is 30.8. The molecule has 2 aliphatic carbocycles. The van der Waals surface area contributed by atoms with E-state index in [1.54, 1.807) is 17.9 Å². The molecule has 1 amide bonds. The predicted octanol–water partition coefficient (Wildman–Crippen LogP) is 4.26. The van der Waals surface area contributed by atoms with E-state index in [1.165, 1.54) is 30.2 Å². The number of aliphatic hydroxyl groups is 1. The van der Waals surface area contributed by atoms with Crippen LogP contribution in [0.4, 0.5) is 10.2 Å². The van der Waals surface area contributed by atoms with Crippen molar-refractivity contribution in [3.63, 3.8) is 0 Å². The highest BCUT2D eigenvalue weighted by Crippen LogP contribution is 2.52. The van der Waals surface area contributed by atoms with Gasteiger partial charge >= 0.3 is 0 Å². The van der Waals surface area contributed by atoms with Gasteiger partial charge in [0, 0.05) is 67.6 Å². The van der Waals surface area contributed by atoms with Gasteiger partial charge in [-0.1, -0.05) is 6.07 Å². The summed E-state index contributed by atoms with van der Waals surface area (Å²) in [6.07, 6.45) is 8.72. The summed E-state index contributed by atoms with van der Waals surface area (Å²) in [7, 11) is 0. The van der Waals surface area contributed by atoms with Gasteiger partial charge in [-0.25, -0.2) is 14.4 Å². The van der Waals surface area contributed by atoms with Crippen LogP contribution in [0.25, 0.3) is 0 Å². The Hall–Kier alpha value is -3.83. The van der Waals surface area contributed by atoms with Gasteiger partial charge in [-0.2, -0.15) is 0 Å². The summed E-state index contributed by atoms with van der Waals surface area (Å²) in [5.41, 5.74) is 1.76. The Balaban J connectivity index is 1.04. The summed E-state index contributed by atoms with van der Waals surface area (Å²) >= 11 is 0. The molecule has 4 heterocycles. The molecule has 0 radical (unpaired) electrons. The maximum Gasteiger partial charge on any atom is 0.258 e. The van der Waals surface area contributed by atoms with Crippen molar-refractivity contribution in [2.45, 2.75) is 83.2 Å².